The molecule has 1 aromatic carbocycles. The third kappa shape index (κ3) is 3.22. The highest BCUT2D eigenvalue weighted by Gasteiger charge is 2.04. The summed E-state index contributed by atoms with van der Waals surface area (Å²) >= 11 is 0. The van der Waals surface area contributed by atoms with Gasteiger partial charge in [-0.3, -0.25) is 0 Å². The number of aromatic nitrogens is 3. The number of hydrogen-bond donors (Lipinski definition) is 1. The SMILES string of the molecule is COc1cc(NCc2ccc(-c3cc(C)on3)cc2)ncn1. The summed E-state index contributed by atoms with van der Waals surface area (Å²) in [6, 6.07) is 11.8. The Morgan fingerprint density at radius 3 is 2.64 bits per heavy atom. The van der Waals surface area contributed by atoms with Crippen molar-refractivity contribution in [1.29, 1.82) is 0 Å². The van der Waals surface area contributed by atoms with Crippen molar-refractivity contribution in [2.45, 2.75) is 13.5 Å². The Morgan fingerprint density at radius 1 is 1.14 bits per heavy atom. The Balaban J connectivity index is 1.66. The summed E-state index contributed by atoms with van der Waals surface area (Å²) in [5, 5.41) is 7.24. The Morgan fingerprint density at radius 2 is 1.95 bits per heavy atom. The molecule has 0 saturated carbocycles. The van der Waals surface area contributed by atoms with Crippen molar-refractivity contribution in [3.8, 4) is 17.1 Å². The van der Waals surface area contributed by atoms with Crippen molar-refractivity contribution >= 4 is 5.82 Å². The molecule has 0 fully saturated rings. The molecule has 0 amide bonds. The van der Waals surface area contributed by atoms with E-state index in [1.807, 2.05) is 37.3 Å². The van der Waals surface area contributed by atoms with Crippen LogP contribution in [0.2, 0.25) is 0 Å². The van der Waals surface area contributed by atoms with Gasteiger partial charge in [-0.05, 0) is 12.5 Å². The first-order valence-electron chi connectivity index (χ1n) is 6.87. The molecular weight excluding hydrogens is 280 g/mol. The number of anilines is 1. The largest absolute Gasteiger partial charge is 0.481 e. The minimum absolute atomic E-state index is 0.536. The van der Waals surface area contributed by atoms with E-state index < -0.39 is 0 Å². The van der Waals surface area contributed by atoms with E-state index in [0.717, 1.165) is 28.4 Å². The van der Waals surface area contributed by atoms with Crippen molar-refractivity contribution in [2.75, 3.05) is 12.4 Å². The van der Waals surface area contributed by atoms with Crippen molar-refractivity contribution in [3.63, 3.8) is 0 Å². The van der Waals surface area contributed by atoms with E-state index in [1.54, 1.807) is 13.2 Å². The minimum Gasteiger partial charge on any atom is -0.481 e. The molecule has 0 saturated heterocycles. The zero-order chi connectivity index (χ0) is 15.4. The van der Waals surface area contributed by atoms with Crippen LogP contribution >= 0.6 is 0 Å². The summed E-state index contributed by atoms with van der Waals surface area (Å²) < 4.78 is 10.2. The maximum Gasteiger partial charge on any atom is 0.218 e. The first-order chi connectivity index (χ1) is 10.7. The third-order valence-electron chi connectivity index (χ3n) is 3.20. The van der Waals surface area contributed by atoms with Gasteiger partial charge in [0.05, 0.1) is 7.11 Å². The molecule has 6 heteroatoms. The zero-order valence-electron chi connectivity index (χ0n) is 12.4. The Labute approximate surface area is 128 Å². The van der Waals surface area contributed by atoms with Crippen LogP contribution in [-0.4, -0.2) is 22.2 Å². The quantitative estimate of drug-likeness (QED) is 0.780. The molecule has 2 heterocycles. The Hall–Kier alpha value is -2.89. The molecule has 6 nitrogen and oxygen atoms in total. The molecule has 22 heavy (non-hydrogen) atoms. The summed E-state index contributed by atoms with van der Waals surface area (Å²) in [4.78, 5) is 8.12. The lowest BCUT2D eigenvalue weighted by Gasteiger charge is -2.07. The lowest BCUT2D eigenvalue weighted by Crippen LogP contribution is -2.02. The van der Waals surface area contributed by atoms with E-state index >= 15 is 0 Å². The normalized spacial score (nSPS) is 10.5. The van der Waals surface area contributed by atoms with Crippen LogP contribution in [0.3, 0.4) is 0 Å². The highest BCUT2D eigenvalue weighted by molar-refractivity contribution is 5.59. The second kappa shape index (κ2) is 6.26. The van der Waals surface area contributed by atoms with Gasteiger partial charge in [0, 0.05) is 24.2 Å². The van der Waals surface area contributed by atoms with E-state index in [1.165, 1.54) is 6.33 Å². The molecule has 0 radical (unpaired) electrons. The summed E-state index contributed by atoms with van der Waals surface area (Å²) in [6.07, 6.45) is 1.47. The number of nitrogens with one attached hydrogen (secondary N) is 1. The van der Waals surface area contributed by atoms with Crippen molar-refractivity contribution in [1.82, 2.24) is 15.1 Å². The van der Waals surface area contributed by atoms with Gasteiger partial charge in [-0.1, -0.05) is 29.4 Å². The van der Waals surface area contributed by atoms with E-state index in [2.05, 4.69) is 20.4 Å². The average molecular weight is 296 g/mol. The maximum absolute atomic E-state index is 5.09. The van der Waals surface area contributed by atoms with Crippen molar-refractivity contribution < 1.29 is 9.26 Å². The number of hydrogen-bond acceptors (Lipinski definition) is 6. The molecule has 0 aliphatic rings. The summed E-state index contributed by atoms with van der Waals surface area (Å²) in [5.74, 6) is 2.07. The van der Waals surface area contributed by atoms with Crippen LogP contribution in [0.15, 0.2) is 47.2 Å². The van der Waals surface area contributed by atoms with Gasteiger partial charge in [0.25, 0.3) is 0 Å². The van der Waals surface area contributed by atoms with Crippen LogP contribution in [0.25, 0.3) is 11.3 Å². The van der Waals surface area contributed by atoms with Gasteiger partial charge in [0.1, 0.15) is 23.6 Å². The highest BCUT2D eigenvalue weighted by Crippen LogP contribution is 2.20. The van der Waals surface area contributed by atoms with Crippen LogP contribution < -0.4 is 10.1 Å². The second-order valence-corrected chi connectivity index (χ2v) is 4.82. The molecular formula is C16H16N4O2. The first-order valence-corrected chi connectivity index (χ1v) is 6.87. The van der Waals surface area contributed by atoms with Gasteiger partial charge in [-0.15, -0.1) is 0 Å². The molecule has 1 N–H and O–H groups in total. The molecule has 0 atom stereocenters. The molecule has 3 rings (SSSR count). The molecule has 0 bridgehead atoms. The van der Waals surface area contributed by atoms with E-state index in [-0.39, 0.29) is 0 Å². The predicted octanol–water partition coefficient (Wildman–Crippen LogP) is 3.06. The standard InChI is InChI=1S/C16H16N4O2/c1-11-7-14(20-22-11)13-5-3-12(4-6-13)9-17-15-8-16(21-2)19-10-18-15/h3-8,10H,9H2,1-2H3,(H,17,18,19). The van der Waals surface area contributed by atoms with Gasteiger partial charge < -0.3 is 14.6 Å². The monoisotopic (exact) mass is 296 g/mol. The lowest BCUT2D eigenvalue weighted by molar-refractivity contribution is 0.397. The number of aryl methyl sites for hydroxylation is 1. The van der Waals surface area contributed by atoms with Crippen LogP contribution in [0.4, 0.5) is 5.82 Å². The van der Waals surface area contributed by atoms with Gasteiger partial charge in [-0.2, -0.15) is 0 Å². The fourth-order valence-electron chi connectivity index (χ4n) is 2.04. The maximum atomic E-state index is 5.09. The average Bonchev–Trinajstić information content (AvgIpc) is 3.00. The number of methoxy groups -OCH3 is 1. The molecule has 0 aliphatic heterocycles. The smallest absolute Gasteiger partial charge is 0.218 e. The topological polar surface area (TPSA) is 73.1 Å². The van der Waals surface area contributed by atoms with Crippen LogP contribution in [0.1, 0.15) is 11.3 Å². The number of rotatable bonds is 5. The molecule has 2 aromatic heterocycles. The van der Waals surface area contributed by atoms with Gasteiger partial charge in [0.15, 0.2) is 0 Å². The summed E-state index contributed by atoms with van der Waals surface area (Å²) in [7, 11) is 1.58. The van der Waals surface area contributed by atoms with Gasteiger partial charge in [-0.25, -0.2) is 9.97 Å². The Bertz CT molecular complexity index is 753. The van der Waals surface area contributed by atoms with E-state index in [0.29, 0.717) is 12.4 Å². The van der Waals surface area contributed by atoms with Crippen LogP contribution in [-0.2, 0) is 6.54 Å². The van der Waals surface area contributed by atoms with Crippen LogP contribution in [0.5, 0.6) is 5.88 Å². The summed E-state index contributed by atoms with van der Waals surface area (Å²) in [5.41, 5.74) is 3.02. The summed E-state index contributed by atoms with van der Waals surface area (Å²) in [6.45, 7) is 2.54. The minimum atomic E-state index is 0.536. The fourth-order valence-corrected chi connectivity index (χ4v) is 2.04. The molecule has 0 aliphatic carbocycles. The second-order valence-electron chi connectivity index (χ2n) is 4.82. The van der Waals surface area contributed by atoms with Crippen molar-refractivity contribution in [2.24, 2.45) is 0 Å². The Kier molecular flexibility index (Phi) is 4.00. The lowest BCUT2D eigenvalue weighted by atomic mass is 10.1. The van der Waals surface area contributed by atoms with E-state index in [9.17, 15) is 0 Å². The molecule has 0 unspecified atom stereocenters. The number of benzene rings is 1. The van der Waals surface area contributed by atoms with Gasteiger partial charge in [0.2, 0.25) is 5.88 Å². The first kappa shape index (κ1) is 14.1. The van der Waals surface area contributed by atoms with Crippen molar-refractivity contribution in [3.05, 3.63) is 54.0 Å². The fraction of sp³-hybridized carbons (Fsp3) is 0.188. The number of ether oxygens (including phenoxy) is 1. The molecule has 3 aromatic rings. The highest BCUT2D eigenvalue weighted by atomic mass is 16.5. The zero-order valence-corrected chi connectivity index (χ0v) is 12.4. The molecule has 0 spiro atoms. The van der Waals surface area contributed by atoms with Crippen LogP contribution in [0, 0.1) is 6.92 Å². The van der Waals surface area contributed by atoms with E-state index in [4.69, 9.17) is 9.26 Å². The van der Waals surface area contributed by atoms with Gasteiger partial charge >= 0.3 is 0 Å². The molecule has 112 valence electrons. The predicted molar refractivity (Wildman–Crippen MR) is 82.6 cm³/mol. The number of nitrogens with zero attached hydrogens (tertiary/aromatic N) is 3. The third-order valence-corrected chi connectivity index (χ3v) is 3.20.